The lowest BCUT2D eigenvalue weighted by atomic mass is 9.97. The van der Waals surface area contributed by atoms with Crippen molar-refractivity contribution in [2.45, 2.75) is 0 Å². The minimum atomic E-state index is 0.637. The number of hydrogen-bond acceptors (Lipinski definition) is 4. The second-order valence-corrected chi connectivity index (χ2v) is 14.2. The average molecular weight is 728 g/mol. The molecule has 0 saturated heterocycles. The molecule has 266 valence electrons. The first-order valence-electron chi connectivity index (χ1n) is 19.1. The van der Waals surface area contributed by atoms with Crippen LogP contribution in [0.4, 0.5) is 0 Å². The number of aromatic nitrogens is 5. The van der Waals surface area contributed by atoms with Crippen molar-refractivity contribution in [1.82, 2.24) is 24.5 Å². The lowest BCUT2D eigenvalue weighted by Crippen LogP contribution is -2.00. The fraction of sp³-hybridized carbons (Fsp3) is 0. The molecule has 0 spiro atoms. The van der Waals surface area contributed by atoms with E-state index in [1.807, 2.05) is 60.7 Å². The predicted molar refractivity (Wildman–Crippen MR) is 234 cm³/mol. The molecule has 0 aliphatic rings. The highest BCUT2D eigenvalue weighted by Gasteiger charge is 2.22. The first-order chi connectivity index (χ1) is 28.3. The van der Waals surface area contributed by atoms with Gasteiger partial charge in [-0.1, -0.05) is 176 Å². The first kappa shape index (κ1) is 32.7. The van der Waals surface area contributed by atoms with E-state index < -0.39 is 0 Å². The Kier molecular flexibility index (Phi) is 7.74. The third kappa shape index (κ3) is 5.64. The molecule has 57 heavy (non-hydrogen) atoms. The topological polar surface area (TPSA) is 56.5 Å². The van der Waals surface area contributed by atoms with E-state index in [0.29, 0.717) is 17.5 Å². The number of benzene rings is 8. The Hall–Kier alpha value is -7.76. The molecule has 11 rings (SSSR count). The average Bonchev–Trinajstić information content (AvgIpc) is 3.65. The zero-order valence-corrected chi connectivity index (χ0v) is 30.8. The summed E-state index contributed by atoms with van der Waals surface area (Å²) in [5.74, 6) is 1.93. The maximum atomic E-state index is 5.47. The fourth-order valence-corrected chi connectivity index (χ4v) is 8.12. The SMILES string of the molecule is c1ccc(-c2nc(-c3ccccc3)nc(-c3ccc(-c4ccc(-c5nc6ccc7ccccc7c6c6c7ccccc7n(-c7ccccc7)c56)cc4)cc3)n2)cc1. The highest BCUT2D eigenvalue weighted by Crippen LogP contribution is 2.43. The molecule has 0 atom stereocenters. The van der Waals surface area contributed by atoms with Crippen molar-refractivity contribution in [2.24, 2.45) is 0 Å². The smallest absolute Gasteiger partial charge is 0.164 e. The van der Waals surface area contributed by atoms with E-state index in [9.17, 15) is 0 Å². The van der Waals surface area contributed by atoms with Gasteiger partial charge in [0.15, 0.2) is 17.5 Å². The van der Waals surface area contributed by atoms with Gasteiger partial charge in [0, 0.05) is 44.1 Å². The van der Waals surface area contributed by atoms with Gasteiger partial charge in [0.2, 0.25) is 0 Å². The van der Waals surface area contributed by atoms with Gasteiger partial charge in [-0.2, -0.15) is 0 Å². The molecule has 0 bridgehead atoms. The van der Waals surface area contributed by atoms with Gasteiger partial charge in [-0.3, -0.25) is 0 Å². The van der Waals surface area contributed by atoms with Gasteiger partial charge < -0.3 is 4.57 Å². The second kappa shape index (κ2) is 13.5. The summed E-state index contributed by atoms with van der Waals surface area (Å²) in [6.07, 6.45) is 0. The Morgan fingerprint density at radius 1 is 0.316 bits per heavy atom. The summed E-state index contributed by atoms with van der Waals surface area (Å²) in [5, 5.41) is 6.02. The molecule has 11 aromatic rings. The summed E-state index contributed by atoms with van der Waals surface area (Å²) in [6, 6.07) is 69.8. The van der Waals surface area contributed by atoms with E-state index >= 15 is 0 Å². The maximum Gasteiger partial charge on any atom is 0.164 e. The van der Waals surface area contributed by atoms with Crippen molar-refractivity contribution < 1.29 is 0 Å². The molecule has 0 saturated carbocycles. The van der Waals surface area contributed by atoms with Crippen molar-refractivity contribution in [2.75, 3.05) is 0 Å². The van der Waals surface area contributed by atoms with Crippen molar-refractivity contribution >= 4 is 43.5 Å². The lowest BCUT2D eigenvalue weighted by Gasteiger charge is -2.14. The van der Waals surface area contributed by atoms with Crippen LogP contribution in [0.3, 0.4) is 0 Å². The molecule has 0 N–H and O–H groups in total. The molecule has 0 amide bonds. The Morgan fingerprint density at radius 3 is 1.40 bits per heavy atom. The van der Waals surface area contributed by atoms with Crippen LogP contribution in [0.2, 0.25) is 0 Å². The van der Waals surface area contributed by atoms with Crippen LogP contribution >= 0.6 is 0 Å². The van der Waals surface area contributed by atoms with E-state index in [1.165, 1.54) is 26.9 Å². The molecule has 5 nitrogen and oxygen atoms in total. The van der Waals surface area contributed by atoms with E-state index in [1.54, 1.807) is 0 Å². The van der Waals surface area contributed by atoms with Gasteiger partial charge in [-0.25, -0.2) is 19.9 Å². The number of hydrogen-bond donors (Lipinski definition) is 0. The van der Waals surface area contributed by atoms with Crippen LogP contribution < -0.4 is 0 Å². The Balaban J connectivity index is 1.03. The van der Waals surface area contributed by atoms with Crippen molar-refractivity contribution in [3.63, 3.8) is 0 Å². The van der Waals surface area contributed by atoms with Crippen LogP contribution in [0.1, 0.15) is 0 Å². The summed E-state index contributed by atoms with van der Waals surface area (Å²) in [5.41, 5.74) is 11.4. The molecule has 0 unspecified atom stereocenters. The van der Waals surface area contributed by atoms with Crippen molar-refractivity contribution in [3.05, 3.63) is 200 Å². The van der Waals surface area contributed by atoms with E-state index in [2.05, 4.69) is 144 Å². The zero-order chi connectivity index (χ0) is 37.7. The van der Waals surface area contributed by atoms with Crippen LogP contribution in [0.15, 0.2) is 200 Å². The summed E-state index contributed by atoms with van der Waals surface area (Å²) in [7, 11) is 0. The van der Waals surface area contributed by atoms with Crippen LogP contribution in [-0.4, -0.2) is 24.5 Å². The summed E-state index contributed by atoms with van der Waals surface area (Å²) < 4.78 is 2.38. The van der Waals surface area contributed by atoms with Gasteiger partial charge >= 0.3 is 0 Å². The second-order valence-electron chi connectivity index (χ2n) is 14.2. The molecule has 8 aromatic carbocycles. The van der Waals surface area contributed by atoms with Crippen LogP contribution in [0, 0.1) is 0 Å². The molecule has 3 aromatic heterocycles. The van der Waals surface area contributed by atoms with Crippen LogP contribution in [-0.2, 0) is 0 Å². The van der Waals surface area contributed by atoms with Crippen molar-refractivity contribution in [1.29, 1.82) is 0 Å². The number of fused-ring (bicyclic) bond motifs is 7. The summed E-state index contributed by atoms with van der Waals surface area (Å²) >= 11 is 0. The van der Waals surface area contributed by atoms with E-state index in [4.69, 9.17) is 19.9 Å². The van der Waals surface area contributed by atoms with Gasteiger partial charge in [0.05, 0.1) is 22.2 Å². The number of pyridine rings is 1. The molecular weight excluding hydrogens is 695 g/mol. The molecule has 0 aliphatic heterocycles. The van der Waals surface area contributed by atoms with Gasteiger partial charge in [-0.15, -0.1) is 0 Å². The number of nitrogens with zero attached hydrogens (tertiary/aromatic N) is 5. The van der Waals surface area contributed by atoms with E-state index in [0.717, 1.165) is 61.3 Å². The Bertz CT molecular complexity index is 3190. The first-order valence-corrected chi connectivity index (χ1v) is 19.1. The fourth-order valence-electron chi connectivity index (χ4n) is 8.12. The third-order valence-electron chi connectivity index (χ3n) is 10.8. The Labute approximate surface area is 329 Å². The lowest BCUT2D eigenvalue weighted by molar-refractivity contribution is 1.07. The van der Waals surface area contributed by atoms with Crippen LogP contribution in [0.5, 0.6) is 0 Å². The number of para-hydroxylation sites is 2. The van der Waals surface area contributed by atoms with Crippen LogP contribution in [0.25, 0.3) is 106 Å². The van der Waals surface area contributed by atoms with Gasteiger partial charge in [0.25, 0.3) is 0 Å². The highest BCUT2D eigenvalue weighted by atomic mass is 15.0. The quantitative estimate of drug-likeness (QED) is 0.160. The standard InChI is InChI=1S/C52H33N5/c1-4-15-38(16-5-1)50-54-51(39-17-6-2-7-18-39)56-52(55-50)40-30-26-35(27-31-40)34-24-28-37(29-25-34)48-49-47(46-42-21-11-10-14-36(42)32-33-44(46)53-48)43-22-12-13-23-45(43)57(49)41-19-8-3-9-20-41/h1-33H. The summed E-state index contributed by atoms with van der Waals surface area (Å²) in [4.78, 5) is 20.2. The van der Waals surface area contributed by atoms with Gasteiger partial charge in [0.1, 0.15) is 0 Å². The van der Waals surface area contributed by atoms with Crippen molar-refractivity contribution in [3.8, 4) is 62.2 Å². The third-order valence-corrected chi connectivity index (χ3v) is 10.8. The molecule has 5 heteroatoms. The summed E-state index contributed by atoms with van der Waals surface area (Å²) in [6.45, 7) is 0. The molecule has 0 fully saturated rings. The Morgan fingerprint density at radius 2 is 0.789 bits per heavy atom. The molecular formula is C52H33N5. The minimum absolute atomic E-state index is 0.637. The largest absolute Gasteiger partial charge is 0.307 e. The zero-order valence-electron chi connectivity index (χ0n) is 30.8. The maximum absolute atomic E-state index is 5.47. The highest BCUT2D eigenvalue weighted by molar-refractivity contribution is 6.29. The monoisotopic (exact) mass is 727 g/mol. The number of rotatable bonds is 6. The minimum Gasteiger partial charge on any atom is -0.307 e. The predicted octanol–water partition coefficient (Wildman–Crippen LogP) is 13.0. The molecule has 0 aliphatic carbocycles. The van der Waals surface area contributed by atoms with Gasteiger partial charge in [-0.05, 0) is 46.2 Å². The molecule has 3 heterocycles. The van der Waals surface area contributed by atoms with E-state index in [-0.39, 0.29) is 0 Å². The normalized spacial score (nSPS) is 11.5. The molecule has 0 radical (unpaired) electrons.